The van der Waals surface area contributed by atoms with Crippen molar-refractivity contribution in [3.63, 3.8) is 0 Å². The van der Waals surface area contributed by atoms with Crippen molar-refractivity contribution in [2.45, 2.75) is 12.8 Å². The van der Waals surface area contributed by atoms with Crippen LogP contribution in [0.4, 0.5) is 5.69 Å². The lowest BCUT2D eigenvalue weighted by atomic mass is 10.1. The van der Waals surface area contributed by atoms with Crippen molar-refractivity contribution in [3.05, 3.63) is 56.8 Å². The van der Waals surface area contributed by atoms with Gasteiger partial charge in [-0.25, -0.2) is 9.83 Å². The van der Waals surface area contributed by atoms with Gasteiger partial charge in [0.25, 0.3) is 0 Å². The molecule has 1 N–H and O–H groups in total. The molecule has 0 amide bonds. The minimum atomic E-state index is 0.457. The lowest BCUT2D eigenvalue weighted by Gasteiger charge is -2.04. The van der Waals surface area contributed by atoms with E-state index in [1.807, 2.05) is 18.2 Å². The average Bonchev–Trinajstić information content (AvgIpc) is 3.21. The van der Waals surface area contributed by atoms with Crippen molar-refractivity contribution in [2.75, 3.05) is 7.11 Å². The van der Waals surface area contributed by atoms with Crippen LogP contribution in [0.2, 0.25) is 4.34 Å². The van der Waals surface area contributed by atoms with Crippen LogP contribution in [0.3, 0.4) is 0 Å². The van der Waals surface area contributed by atoms with E-state index in [1.165, 1.54) is 11.1 Å². The molecule has 0 aromatic carbocycles. The van der Waals surface area contributed by atoms with Crippen LogP contribution in [0.15, 0.2) is 30.5 Å². The first kappa shape index (κ1) is 15.5. The van der Waals surface area contributed by atoms with E-state index < -0.39 is 0 Å². The number of thiophene rings is 1. The van der Waals surface area contributed by atoms with E-state index in [0.717, 1.165) is 28.6 Å². The minimum Gasteiger partial charge on any atom is -0.481 e. The number of methoxy groups -OCH3 is 1. The molecule has 0 radical (unpaired) electrons. The molecule has 0 aliphatic carbocycles. The first-order chi connectivity index (χ1) is 11.2. The van der Waals surface area contributed by atoms with Crippen LogP contribution in [-0.2, 0) is 12.8 Å². The molecule has 3 heterocycles. The molecule has 0 spiro atoms. The summed E-state index contributed by atoms with van der Waals surface area (Å²) in [6.07, 6.45) is 3.22. The van der Waals surface area contributed by atoms with Gasteiger partial charge < -0.3 is 4.74 Å². The van der Waals surface area contributed by atoms with Gasteiger partial charge in [0.1, 0.15) is 0 Å². The zero-order chi connectivity index (χ0) is 16.2. The summed E-state index contributed by atoms with van der Waals surface area (Å²) in [6.45, 7) is 7.11. The Hall–Kier alpha value is -2.36. The largest absolute Gasteiger partial charge is 0.481 e. The normalized spacial score (nSPS) is 10.5. The maximum absolute atomic E-state index is 7.11. The fourth-order valence-corrected chi connectivity index (χ4v) is 3.31. The Bertz CT molecular complexity index is 865. The number of hydrogen-bond donors (Lipinski definition) is 1. The molecule has 0 aliphatic rings. The van der Waals surface area contributed by atoms with Gasteiger partial charge in [-0.2, -0.15) is 5.10 Å². The number of aromatic nitrogens is 3. The van der Waals surface area contributed by atoms with Crippen LogP contribution < -0.4 is 4.74 Å². The smallest absolute Gasteiger partial charge is 0.220 e. The molecule has 7 heteroatoms. The Kier molecular flexibility index (Phi) is 4.60. The van der Waals surface area contributed by atoms with Crippen LogP contribution >= 0.6 is 22.9 Å². The maximum Gasteiger partial charge on any atom is 0.220 e. The number of aryl methyl sites for hydroxylation is 2. The second-order valence-electron chi connectivity index (χ2n) is 4.85. The Morgan fingerprint density at radius 1 is 1.35 bits per heavy atom. The Labute approximate surface area is 142 Å². The molecule has 3 aromatic heterocycles. The van der Waals surface area contributed by atoms with Crippen molar-refractivity contribution >= 4 is 28.6 Å². The van der Waals surface area contributed by atoms with Gasteiger partial charge in [-0.1, -0.05) is 11.6 Å². The second-order valence-corrected chi connectivity index (χ2v) is 6.65. The highest BCUT2D eigenvalue weighted by molar-refractivity contribution is 7.16. The van der Waals surface area contributed by atoms with E-state index in [0.29, 0.717) is 17.1 Å². The molecule has 23 heavy (non-hydrogen) atoms. The van der Waals surface area contributed by atoms with Gasteiger partial charge in [0.05, 0.1) is 29.3 Å². The lowest BCUT2D eigenvalue weighted by Crippen LogP contribution is -1.91. The van der Waals surface area contributed by atoms with Crippen LogP contribution in [0.5, 0.6) is 5.88 Å². The predicted octanol–water partition coefficient (Wildman–Crippen LogP) is 4.53. The molecule has 3 rings (SSSR count). The Morgan fingerprint density at radius 2 is 2.22 bits per heavy atom. The molecule has 5 nitrogen and oxygen atoms in total. The summed E-state index contributed by atoms with van der Waals surface area (Å²) >= 11 is 7.53. The SMILES string of the molecule is [C-]#[N+]c1cnc(OC)c(-c2cc(CCc3ccc(Cl)s3)[nH]n2)c1. The van der Waals surface area contributed by atoms with E-state index in [1.54, 1.807) is 24.5 Å². The summed E-state index contributed by atoms with van der Waals surface area (Å²) in [7, 11) is 1.55. The van der Waals surface area contributed by atoms with E-state index in [2.05, 4.69) is 20.0 Å². The summed E-state index contributed by atoms with van der Waals surface area (Å²) < 4.78 is 6.06. The number of nitrogens with one attached hydrogen (secondary N) is 1. The number of H-pyrrole nitrogens is 1. The van der Waals surface area contributed by atoms with Gasteiger partial charge >= 0.3 is 0 Å². The van der Waals surface area contributed by atoms with E-state index in [-0.39, 0.29) is 0 Å². The fourth-order valence-electron chi connectivity index (χ4n) is 2.22. The number of pyridine rings is 1. The number of nitrogens with zero attached hydrogens (tertiary/aromatic N) is 3. The molecule has 0 saturated carbocycles. The zero-order valence-corrected chi connectivity index (χ0v) is 13.9. The molecule has 0 atom stereocenters. The number of ether oxygens (including phenoxy) is 1. The summed E-state index contributed by atoms with van der Waals surface area (Å²) in [5.41, 5.74) is 2.90. The maximum atomic E-state index is 7.11. The third-order valence-electron chi connectivity index (χ3n) is 3.34. The molecular weight excluding hydrogens is 332 g/mol. The summed E-state index contributed by atoms with van der Waals surface area (Å²) in [5, 5.41) is 7.35. The van der Waals surface area contributed by atoms with Crippen LogP contribution in [0.25, 0.3) is 16.1 Å². The van der Waals surface area contributed by atoms with E-state index in [4.69, 9.17) is 22.9 Å². The molecule has 0 aliphatic heterocycles. The summed E-state index contributed by atoms with van der Waals surface area (Å²) in [5.74, 6) is 0.459. The summed E-state index contributed by atoms with van der Waals surface area (Å²) in [6, 6.07) is 7.64. The molecule has 0 bridgehead atoms. The third kappa shape index (κ3) is 3.52. The third-order valence-corrected chi connectivity index (χ3v) is 4.63. The number of rotatable bonds is 5. The quantitative estimate of drug-likeness (QED) is 0.692. The highest BCUT2D eigenvalue weighted by Gasteiger charge is 2.12. The minimum absolute atomic E-state index is 0.457. The second kappa shape index (κ2) is 6.82. The molecular formula is C16H13ClN4OS. The number of hydrogen-bond acceptors (Lipinski definition) is 4. The summed E-state index contributed by atoms with van der Waals surface area (Å²) in [4.78, 5) is 8.78. The zero-order valence-electron chi connectivity index (χ0n) is 12.3. The first-order valence-corrected chi connectivity index (χ1v) is 8.09. The van der Waals surface area contributed by atoms with Crippen molar-refractivity contribution in [1.29, 1.82) is 0 Å². The lowest BCUT2D eigenvalue weighted by molar-refractivity contribution is 0.399. The van der Waals surface area contributed by atoms with Crippen LogP contribution in [0, 0.1) is 6.57 Å². The van der Waals surface area contributed by atoms with Crippen molar-refractivity contribution in [1.82, 2.24) is 15.2 Å². The number of halogens is 1. The molecule has 0 unspecified atom stereocenters. The van der Waals surface area contributed by atoms with Crippen molar-refractivity contribution in [3.8, 4) is 17.1 Å². The molecule has 0 fully saturated rings. The van der Waals surface area contributed by atoms with Gasteiger partial charge in [-0.05, 0) is 37.1 Å². The highest BCUT2D eigenvalue weighted by Crippen LogP contribution is 2.30. The predicted molar refractivity (Wildman–Crippen MR) is 91.4 cm³/mol. The fraction of sp³-hybridized carbons (Fsp3) is 0.188. The average molecular weight is 345 g/mol. The van der Waals surface area contributed by atoms with Crippen LogP contribution in [0.1, 0.15) is 10.6 Å². The van der Waals surface area contributed by atoms with Gasteiger partial charge in [-0.15, -0.1) is 11.3 Å². The first-order valence-electron chi connectivity index (χ1n) is 6.90. The van der Waals surface area contributed by atoms with Crippen molar-refractivity contribution < 1.29 is 4.74 Å². The monoisotopic (exact) mass is 344 g/mol. The van der Waals surface area contributed by atoms with Gasteiger partial charge in [0, 0.05) is 16.8 Å². The van der Waals surface area contributed by atoms with Gasteiger partial charge in [0.2, 0.25) is 11.6 Å². The topological polar surface area (TPSA) is 55.2 Å². The molecule has 3 aromatic rings. The van der Waals surface area contributed by atoms with E-state index in [9.17, 15) is 0 Å². The van der Waals surface area contributed by atoms with Gasteiger partial charge in [0.15, 0.2) is 0 Å². The van der Waals surface area contributed by atoms with Crippen LogP contribution in [-0.4, -0.2) is 22.3 Å². The molecule has 116 valence electrons. The Morgan fingerprint density at radius 3 is 2.91 bits per heavy atom. The standard InChI is InChI=1S/C16H13ClN4OS/c1-18-11-7-13(16(22-2)19-9-11)14-8-10(20-21-14)3-4-12-5-6-15(17)23-12/h5-9H,3-4H2,2H3,(H,20,21). The molecule has 0 saturated heterocycles. The number of aromatic amines is 1. The van der Waals surface area contributed by atoms with E-state index >= 15 is 0 Å². The van der Waals surface area contributed by atoms with Gasteiger partial charge in [-0.3, -0.25) is 5.10 Å². The Balaban J connectivity index is 1.80. The highest BCUT2D eigenvalue weighted by atomic mass is 35.5. The van der Waals surface area contributed by atoms with Crippen molar-refractivity contribution in [2.24, 2.45) is 0 Å².